The number of nitrogens with one attached hydrogen (secondary N) is 2. The van der Waals surface area contributed by atoms with E-state index in [0.717, 1.165) is 53.0 Å². The van der Waals surface area contributed by atoms with Crippen LogP contribution in [0.5, 0.6) is 5.75 Å². The van der Waals surface area contributed by atoms with Crippen molar-refractivity contribution in [1.29, 1.82) is 0 Å². The van der Waals surface area contributed by atoms with Gasteiger partial charge in [0.15, 0.2) is 0 Å². The maximum absolute atomic E-state index is 13.4. The molecule has 2 N–H and O–H groups in total. The predicted octanol–water partition coefficient (Wildman–Crippen LogP) is 3.99. The Bertz CT molecular complexity index is 1160. The van der Waals surface area contributed by atoms with Crippen molar-refractivity contribution in [2.24, 2.45) is 0 Å². The van der Waals surface area contributed by atoms with E-state index in [0.29, 0.717) is 18.2 Å². The highest BCUT2D eigenvalue weighted by Gasteiger charge is 2.24. The molecular weight excluding hydrogens is 424 g/mol. The maximum atomic E-state index is 13.4. The average molecular weight is 461 g/mol. The molecule has 1 atom stereocenters. The van der Waals surface area contributed by atoms with Gasteiger partial charge in [-0.2, -0.15) is 0 Å². The highest BCUT2D eigenvalue weighted by molar-refractivity contribution is 5.97. The first-order valence-electron chi connectivity index (χ1n) is 12.0. The summed E-state index contributed by atoms with van der Waals surface area (Å²) in [6.07, 6.45) is 0. The van der Waals surface area contributed by atoms with E-state index in [1.54, 1.807) is 0 Å². The largest absolute Gasteiger partial charge is 0.492 e. The van der Waals surface area contributed by atoms with Crippen molar-refractivity contribution in [2.75, 3.05) is 52.3 Å². The van der Waals surface area contributed by atoms with Crippen LogP contribution in [-0.2, 0) is 0 Å². The highest BCUT2D eigenvalue weighted by Crippen LogP contribution is 2.33. The van der Waals surface area contributed by atoms with Crippen LogP contribution in [0.25, 0.3) is 10.8 Å². The van der Waals surface area contributed by atoms with Crippen molar-refractivity contribution < 1.29 is 9.53 Å². The summed E-state index contributed by atoms with van der Waals surface area (Å²) < 4.78 is 6.18. The molecule has 4 rings (SSSR count). The van der Waals surface area contributed by atoms with Gasteiger partial charge in [-0.1, -0.05) is 36.4 Å². The van der Waals surface area contributed by atoms with Crippen molar-refractivity contribution in [2.45, 2.75) is 25.9 Å². The third kappa shape index (κ3) is 5.18. The lowest BCUT2D eigenvalue weighted by atomic mass is 9.97. The van der Waals surface area contributed by atoms with Gasteiger partial charge < -0.3 is 25.2 Å². The smallest absolute Gasteiger partial charge is 0.252 e. The predicted molar refractivity (Wildman–Crippen MR) is 140 cm³/mol. The molecular formula is C28H36N4O2. The lowest BCUT2D eigenvalue weighted by Crippen LogP contribution is -2.56. The molecule has 1 unspecified atom stereocenters. The van der Waals surface area contributed by atoms with Crippen molar-refractivity contribution in [3.05, 3.63) is 71.3 Å². The summed E-state index contributed by atoms with van der Waals surface area (Å²) in [5.74, 6) is 0.746. The zero-order valence-electron chi connectivity index (χ0n) is 20.9. The van der Waals surface area contributed by atoms with E-state index in [1.165, 1.54) is 0 Å². The third-order valence-corrected chi connectivity index (χ3v) is 6.69. The molecule has 1 aliphatic rings. The van der Waals surface area contributed by atoms with Gasteiger partial charge in [0.25, 0.3) is 5.91 Å². The number of anilines is 1. The summed E-state index contributed by atoms with van der Waals surface area (Å²) in [5, 5.41) is 8.79. The number of fused-ring (bicyclic) bond motifs is 1. The molecule has 1 saturated heterocycles. The molecule has 1 fully saturated rings. The first-order valence-corrected chi connectivity index (χ1v) is 12.0. The molecule has 0 bridgehead atoms. The van der Waals surface area contributed by atoms with Crippen molar-refractivity contribution >= 4 is 22.4 Å². The number of likely N-dealkylation sites (N-methyl/N-ethyl adjacent to an activating group) is 2. The van der Waals surface area contributed by atoms with Gasteiger partial charge in [-0.3, -0.25) is 4.79 Å². The van der Waals surface area contributed by atoms with Crippen LogP contribution in [0, 0.1) is 6.92 Å². The van der Waals surface area contributed by atoms with Crippen LogP contribution in [-0.4, -0.2) is 64.2 Å². The first kappa shape index (κ1) is 24.0. The fourth-order valence-electron chi connectivity index (χ4n) is 4.36. The Morgan fingerprint density at radius 1 is 1.12 bits per heavy atom. The van der Waals surface area contributed by atoms with Crippen molar-refractivity contribution in [3.63, 3.8) is 0 Å². The Labute approximate surface area is 202 Å². The standard InChI is InChI=1S/C28H36N4O2/c1-19-10-12-22(32(5)23-17-29-18-23)16-25(19)28(33)30-20(2)27-24-9-7-6-8-21(24)11-13-26(27)34-15-14-31(3)4/h6-13,16,20,23,29H,14-15,17-18H2,1-5H3,(H,30,33). The molecule has 0 spiro atoms. The van der Waals surface area contributed by atoms with Crippen LogP contribution in [0.15, 0.2) is 54.6 Å². The van der Waals surface area contributed by atoms with Crippen LogP contribution >= 0.6 is 0 Å². The highest BCUT2D eigenvalue weighted by atomic mass is 16.5. The van der Waals surface area contributed by atoms with E-state index in [9.17, 15) is 4.79 Å². The van der Waals surface area contributed by atoms with Crippen molar-refractivity contribution in [1.82, 2.24) is 15.5 Å². The second kappa shape index (κ2) is 10.5. The monoisotopic (exact) mass is 460 g/mol. The summed E-state index contributed by atoms with van der Waals surface area (Å²) in [6.45, 7) is 7.37. The summed E-state index contributed by atoms with van der Waals surface area (Å²) in [6, 6.07) is 18.7. The van der Waals surface area contributed by atoms with E-state index in [4.69, 9.17) is 4.74 Å². The Balaban J connectivity index is 1.60. The molecule has 6 nitrogen and oxygen atoms in total. The lowest BCUT2D eigenvalue weighted by Gasteiger charge is -2.37. The minimum Gasteiger partial charge on any atom is -0.492 e. The zero-order chi connectivity index (χ0) is 24.2. The molecule has 0 aromatic heterocycles. The van der Waals surface area contributed by atoms with Crippen LogP contribution < -0.4 is 20.3 Å². The molecule has 1 heterocycles. The van der Waals surface area contributed by atoms with E-state index >= 15 is 0 Å². The number of carbonyl (C=O) groups excluding carboxylic acids is 1. The molecule has 6 heteroatoms. The molecule has 180 valence electrons. The molecule has 0 aliphatic carbocycles. The number of benzene rings is 3. The number of amides is 1. The van der Waals surface area contributed by atoms with Gasteiger partial charge in [0.05, 0.1) is 12.1 Å². The number of aryl methyl sites for hydroxylation is 1. The Morgan fingerprint density at radius 2 is 1.88 bits per heavy atom. The summed E-state index contributed by atoms with van der Waals surface area (Å²) in [5.41, 5.74) is 3.75. The second-order valence-corrected chi connectivity index (χ2v) is 9.47. The molecule has 1 aliphatic heterocycles. The second-order valence-electron chi connectivity index (χ2n) is 9.47. The van der Waals surface area contributed by atoms with Gasteiger partial charge in [0.1, 0.15) is 12.4 Å². The quantitative estimate of drug-likeness (QED) is 0.506. The number of nitrogens with zero attached hydrogens (tertiary/aromatic N) is 2. The van der Waals surface area contributed by atoms with Crippen LogP contribution in [0.4, 0.5) is 5.69 Å². The first-order chi connectivity index (χ1) is 16.3. The summed E-state index contributed by atoms with van der Waals surface area (Å²) in [4.78, 5) is 17.8. The van der Waals surface area contributed by atoms with Gasteiger partial charge in [-0.25, -0.2) is 0 Å². The van der Waals surface area contributed by atoms with E-state index in [1.807, 2.05) is 58.3 Å². The summed E-state index contributed by atoms with van der Waals surface area (Å²) in [7, 11) is 6.15. The van der Waals surface area contributed by atoms with Gasteiger partial charge >= 0.3 is 0 Å². The molecule has 3 aromatic carbocycles. The lowest BCUT2D eigenvalue weighted by molar-refractivity contribution is 0.0939. The molecule has 34 heavy (non-hydrogen) atoms. The molecule has 0 radical (unpaired) electrons. The average Bonchev–Trinajstić information content (AvgIpc) is 2.77. The summed E-state index contributed by atoms with van der Waals surface area (Å²) >= 11 is 0. The van der Waals surface area contributed by atoms with Gasteiger partial charge in [0, 0.05) is 43.5 Å². The SMILES string of the molecule is Cc1ccc(N(C)C2CNC2)cc1C(=O)NC(C)c1c(OCCN(C)C)ccc2ccccc12. The zero-order valence-corrected chi connectivity index (χ0v) is 20.9. The Morgan fingerprint density at radius 3 is 2.59 bits per heavy atom. The number of hydrogen-bond acceptors (Lipinski definition) is 5. The number of carbonyl (C=O) groups is 1. The van der Waals surface area contributed by atoms with E-state index in [-0.39, 0.29) is 11.9 Å². The van der Waals surface area contributed by atoms with E-state index in [2.05, 4.69) is 51.7 Å². The fraction of sp³-hybridized carbons (Fsp3) is 0.393. The van der Waals surface area contributed by atoms with Crippen LogP contribution in [0.1, 0.15) is 34.5 Å². The van der Waals surface area contributed by atoms with Crippen LogP contribution in [0.2, 0.25) is 0 Å². The van der Waals surface area contributed by atoms with Gasteiger partial charge in [0.2, 0.25) is 0 Å². The molecule has 1 amide bonds. The van der Waals surface area contributed by atoms with Crippen molar-refractivity contribution in [3.8, 4) is 5.75 Å². The van der Waals surface area contributed by atoms with E-state index < -0.39 is 0 Å². The van der Waals surface area contributed by atoms with Gasteiger partial charge in [-0.15, -0.1) is 0 Å². The maximum Gasteiger partial charge on any atom is 0.252 e. The topological polar surface area (TPSA) is 56.8 Å². The molecule has 3 aromatic rings. The number of hydrogen-bond donors (Lipinski definition) is 2. The minimum absolute atomic E-state index is 0.0702. The number of ether oxygens (including phenoxy) is 1. The Hall–Kier alpha value is -3.09. The minimum atomic E-state index is -0.218. The van der Waals surface area contributed by atoms with Gasteiger partial charge in [-0.05, 0) is 62.5 Å². The fourth-order valence-corrected chi connectivity index (χ4v) is 4.36. The van der Waals surface area contributed by atoms with Crippen LogP contribution in [0.3, 0.4) is 0 Å². The number of rotatable bonds is 9. The normalized spacial score (nSPS) is 14.6. The third-order valence-electron chi connectivity index (χ3n) is 6.69. The Kier molecular flexibility index (Phi) is 7.39. The molecule has 0 saturated carbocycles.